The lowest BCUT2D eigenvalue weighted by molar-refractivity contribution is 0.0527. The molecule has 0 bridgehead atoms. The van der Waals surface area contributed by atoms with Gasteiger partial charge in [0.15, 0.2) is 0 Å². The largest absolute Gasteiger partial charge is 0.462 e. The first-order valence-electron chi connectivity index (χ1n) is 7.08. The van der Waals surface area contributed by atoms with E-state index in [1.807, 2.05) is 27.9 Å². The maximum Gasteiger partial charge on any atom is 0.341 e. The van der Waals surface area contributed by atoms with Crippen molar-refractivity contribution in [2.75, 3.05) is 25.6 Å². The lowest BCUT2D eigenvalue weighted by Crippen LogP contribution is -2.16. The number of hydrogen-bond donors (Lipinski definition) is 0. The van der Waals surface area contributed by atoms with Gasteiger partial charge >= 0.3 is 5.97 Å². The molecule has 0 spiro atoms. The minimum Gasteiger partial charge on any atom is -0.462 e. The van der Waals surface area contributed by atoms with Gasteiger partial charge in [-0.15, -0.1) is 0 Å². The Morgan fingerprint density at radius 2 is 2.00 bits per heavy atom. The number of esters is 1. The molecular weight excluding hydrogens is 351 g/mol. The average molecular weight is 371 g/mol. The first-order valence-corrected chi connectivity index (χ1v) is 7.87. The maximum absolute atomic E-state index is 13.6. The Balaban J connectivity index is 0.00000116. The molecule has 1 aromatic heterocycles. The van der Waals surface area contributed by atoms with Gasteiger partial charge in [-0.3, -0.25) is 4.98 Å². The molecule has 0 aliphatic rings. The second-order valence-corrected chi connectivity index (χ2v) is 5.19. The third-order valence-corrected chi connectivity index (χ3v) is 3.60. The van der Waals surface area contributed by atoms with Crippen molar-refractivity contribution >= 4 is 38.5 Å². The van der Waals surface area contributed by atoms with Gasteiger partial charge in [0.2, 0.25) is 0 Å². The minimum absolute atomic E-state index is 0.286. The van der Waals surface area contributed by atoms with E-state index in [-0.39, 0.29) is 11.1 Å². The van der Waals surface area contributed by atoms with Crippen molar-refractivity contribution in [2.24, 2.45) is 0 Å². The molecule has 0 aliphatic heterocycles. The highest BCUT2D eigenvalue weighted by atomic mass is 79.9. The highest BCUT2D eigenvalue weighted by Crippen LogP contribution is 2.33. The number of carbonyl (C=O) groups excluding carboxylic acids is 1. The van der Waals surface area contributed by atoms with Gasteiger partial charge in [0.05, 0.1) is 22.3 Å². The standard InChI is InChI=1S/C14H14BrFN2O2.C2H6/c1-4-20-14(19)9-7-17-12-8(13(9)18(2)3)5-6-10(16)11(12)15;1-2/h5-7H,4H2,1-3H3;1-2H3. The molecule has 2 rings (SSSR count). The van der Waals surface area contributed by atoms with E-state index in [9.17, 15) is 9.18 Å². The minimum atomic E-state index is -0.439. The summed E-state index contributed by atoms with van der Waals surface area (Å²) in [5.74, 6) is -0.829. The Hall–Kier alpha value is -1.69. The smallest absolute Gasteiger partial charge is 0.341 e. The Morgan fingerprint density at radius 1 is 1.36 bits per heavy atom. The molecule has 2 aromatic rings. The van der Waals surface area contributed by atoms with Gasteiger partial charge in [0.25, 0.3) is 0 Å². The van der Waals surface area contributed by atoms with Crippen LogP contribution in [0.5, 0.6) is 0 Å². The van der Waals surface area contributed by atoms with Gasteiger partial charge in [-0.2, -0.15) is 0 Å². The normalized spacial score (nSPS) is 9.95. The first-order chi connectivity index (χ1) is 10.5. The number of carbonyl (C=O) groups is 1. The molecule has 0 aliphatic carbocycles. The SMILES string of the molecule is CC.CCOC(=O)c1cnc2c(Br)c(F)ccc2c1N(C)C. The molecule has 22 heavy (non-hydrogen) atoms. The fourth-order valence-electron chi connectivity index (χ4n) is 2.03. The molecule has 0 fully saturated rings. The summed E-state index contributed by atoms with van der Waals surface area (Å²) in [7, 11) is 3.63. The van der Waals surface area contributed by atoms with E-state index in [2.05, 4.69) is 20.9 Å². The third-order valence-electron chi connectivity index (χ3n) is 2.84. The van der Waals surface area contributed by atoms with Gasteiger partial charge in [0, 0.05) is 25.7 Å². The third kappa shape index (κ3) is 3.55. The lowest BCUT2D eigenvalue weighted by atomic mass is 10.1. The van der Waals surface area contributed by atoms with Crippen molar-refractivity contribution in [3.63, 3.8) is 0 Å². The summed E-state index contributed by atoms with van der Waals surface area (Å²) in [6.45, 7) is 6.03. The van der Waals surface area contributed by atoms with Gasteiger partial charge in [-0.1, -0.05) is 13.8 Å². The van der Waals surface area contributed by atoms with Crippen molar-refractivity contribution in [1.82, 2.24) is 4.98 Å². The van der Waals surface area contributed by atoms with Crippen LogP contribution in [-0.2, 0) is 4.74 Å². The van der Waals surface area contributed by atoms with Crippen LogP contribution in [0.4, 0.5) is 10.1 Å². The van der Waals surface area contributed by atoms with Crippen molar-refractivity contribution in [1.29, 1.82) is 0 Å². The Bertz CT molecular complexity index is 675. The van der Waals surface area contributed by atoms with Crippen molar-refractivity contribution in [2.45, 2.75) is 20.8 Å². The topological polar surface area (TPSA) is 42.4 Å². The highest BCUT2D eigenvalue weighted by Gasteiger charge is 2.19. The molecule has 0 unspecified atom stereocenters. The van der Waals surface area contributed by atoms with E-state index in [4.69, 9.17) is 4.74 Å². The van der Waals surface area contributed by atoms with Crippen LogP contribution in [-0.4, -0.2) is 31.7 Å². The van der Waals surface area contributed by atoms with Crippen LogP contribution in [0.1, 0.15) is 31.1 Å². The Morgan fingerprint density at radius 3 is 2.55 bits per heavy atom. The molecule has 0 amide bonds. The number of halogens is 2. The van der Waals surface area contributed by atoms with E-state index in [1.165, 1.54) is 12.3 Å². The number of fused-ring (bicyclic) bond motifs is 1. The van der Waals surface area contributed by atoms with Crippen LogP contribution >= 0.6 is 15.9 Å². The van der Waals surface area contributed by atoms with Gasteiger partial charge < -0.3 is 9.64 Å². The monoisotopic (exact) mass is 370 g/mol. The highest BCUT2D eigenvalue weighted by molar-refractivity contribution is 9.10. The van der Waals surface area contributed by atoms with Crippen LogP contribution in [0.25, 0.3) is 10.9 Å². The molecule has 120 valence electrons. The van der Waals surface area contributed by atoms with E-state index in [0.717, 1.165) is 0 Å². The van der Waals surface area contributed by atoms with Crippen LogP contribution in [0, 0.1) is 5.82 Å². The molecule has 0 saturated heterocycles. The summed E-state index contributed by atoms with van der Waals surface area (Å²) in [6, 6.07) is 2.95. The van der Waals surface area contributed by atoms with Crippen LogP contribution in [0.2, 0.25) is 0 Å². The molecule has 0 atom stereocenters. The van der Waals surface area contributed by atoms with E-state index < -0.39 is 11.8 Å². The van der Waals surface area contributed by atoms with Gasteiger partial charge in [-0.05, 0) is 35.0 Å². The molecule has 0 N–H and O–H groups in total. The number of nitrogens with zero attached hydrogens (tertiary/aromatic N) is 2. The fourth-order valence-corrected chi connectivity index (χ4v) is 2.48. The second kappa shape index (κ2) is 8.08. The second-order valence-electron chi connectivity index (χ2n) is 4.39. The quantitative estimate of drug-likeness (QED) is 0.750. The number of anilines is 1. The Kier molecular flexibility index (Phi) is 6.74. The van der Waals surface area contributed by atoms with Crippen molar-refractivity contribution in [3.05, 3.63) is 34.2 Å². The molecule has 6 heteroatoms. The molecule has 4 nitrogen and oxygen atoms in total. The van der Waals surface area contributed by atoms with Crippen LogP contribution < -0.4 is 4.90 Å². The molecular formula is C16H20BrFN2O2. The Labute approximate surface area is 138 Å². The first kappa shape index (κ1) is 18.4. The zero-order valence-corrected chi connectivity index (χ0v) is 15.0. The summed E-state index contributed by atoms with van der Waals surface area (Å²) in [5.41, 5.74) is 1.50. The van der Waals surface area contributed by atoms with E-state index in [0.29, 0.717) is 22.2 Å². The molecule has 1 heterocycles. The predicted molar refractivity (Wildman–Crippen MR) is 91.0 cm³/mol. The number of aromatic nitrogens is 1. The molecule has 1 aromatic carbocycles. The van der Waals surface area contributed by atoms with Gasteiger partial charge in [0.1, 0.15) is 11.4 Å². The van der Waals surface area contributed by atoms with E-state index in [1.54, 1.807) is 17.9 Å². The number of rotatable bonds is 3. The zero-order chi connectivity index (χ0) is 16.9. The van der Waals surface area contributed by atoms with Crippen LogP contribution in [0.3, 0.4) is 0 Å². The molecule has 0 saturated carbocycles. The number of pyridine rings is 1. The maximum atomic E-state index is 13.6. The fraction of sp³-hybridized carbons (Fsp3) is 0.375. The van der Waals surface area contributed by atoms with Crippen LogP contribution in [0.15, 0.2) is 22.8 Å². The summed E-state index contributed by atoms with van der Waals surface area (Å²) in [4.78, 5) is 18.0. The average Bonchev–Trinajstić information content (AvgIpc) is 2.52. The molecule has 0 radical (unpaired) electrons. The van der Waals surface area contributed by atoms with Crippen molar-refractivity contribution < 1.29 is 13.9 Å². The van der Waals surface area contributed by atoms with E-state index >= 15 is 0 Å². The summed E-state index contributed by atoms with van der Waals surface area (Å²) < 4.78 is 18.9. The zero-order valence-electron chi connectivity index (χ0n) is 13.4. The summed E-state index contributed by atoms with van der Waals surface area (Å²) in [5, 5.41) is 0.689. The van der Waals surface area contributed by atoms with Crippen molar-refractivity contribution in [3.8, 4) is 0 Å². The summed E-state index contributed by atoms with van der Waals surface area (Å²) in [6.07, 6.45) is 1.42. The lowest BCUT2D eigenvalue weighted by Gasteiger charge is -2.19. The number of ether oxygens (including phenoxy) is 1. The number of benzene rings is 1. The predicted octanol–water partition coefficient (Wildman–Crippen LogP) is 4.41. The van der Waals surface area contributed by atoms with Gasteiger partial charge in [-0.25, -0.2) is 9.18 Å². The number of hydrogen-bond acceptors (Lipinski definition) is 4. The summed E-state index contributed by atoms with van der Waals surface area (Å²) >= 11 is 3.18.